The summed E-state index contributed by atoms with van der Waals surface area (Å²) in [5.74, 6) is -1.21. The molecule has 24 heteroatoms. The zero-order valence-electron chi connectivity index (χ0n) is 49.7. The van der Waals surface area contributed by atoms with Gasteiger partial charge in [-0.2, -0.15) is 0 Å². The molecule has 0 radical (unpaired) electrons. The summed E-state index contributed by atoms with van der Waals surface area (Å²) < 4.78 is 53.0. The summed E-state index contributed by atoms with van der Waals surface area (Å²) in [6, 6.07) is 1.62. The Morgan fingerprint density at radius 1 is 0.452 bits per heavy atom. The van der Waals surface area contributed by atoms with Crippen molar-refractivity contribution in [2.75, 3.05) is 46.2 Å². The Labute approximate surface area is 506 Å². The first-order chi connectivity index (χ1) is 39.7. The molecule has 84 heavy (non-hydrogen) atoms. The van der Waals surface area contributed by atoms with E-state index in [1.807, 2.05) is 0 Å². The third-order valence-corrected chi connectivity index (χ3v) is 16.0. The quantitative estimate of drug-likeness (QED) is 0.0204. The van der Waals surface area contributed by atoms with E-state index in [1.165, 1.54) is 20.8 Å². The Bertz CT molecular complexity index is 2140. The Hall–Kier alpha value is -5.43. The molecule has 0 aromatic carbocycles. The van der Waals surface area contributed by atoms with E-state index in [1.54, 1.807) is 6.07 Å². The van der Waals surface area contributed by atoms with Gasteiger partial charge in [-0.3, -0.25) is 43.2 Å². The fourth-order valence-corrected chi connectivity index (χ4v) is 10.9. The number of ether oxygens (including phenoxy) is 10. The molecular formula is C60H92N2O20S2. The van der Waals surface area contributed by atoms with Gasteiger partial charge < -0.3 is 52.8 Å². The molecule has 0 aromatic heterocycles. The minimum absolute atomic E-state index is 0. The van der Waals surface area contributed by atoms with Crippen molar-refractivity contribution in [1.29, 1.82) is 5.26 Å². The van der Waals surface area contributed by atoms with Crippen molar-refractivity contribution in [2.24, 2.45) is 35.5 Å². The van der Waals surface area contributed by atoms with Gasteiger partial charge in [-0.05, 0) is 165 Å². The average molecular weight is 1230 g/mol. The molecule has 5 aliphatic carbocycles. The molecule has 0 spiro atoms. The maximum Gasteiger partial charge on any atom is 0.309 e. The van der Waals surface area contributed by atoms with Gasteiger partial charge in [0.05, 0.1) is 67.3 Å². The second-order valence-electron chi connectivity index (χ2n) is 22.1. The van der Waals surface area contributed by atoms with E-state index in [2.05, 4.69) is 41.8 Å². The standard InChI is InChI=1S/C32H50O11.C24H38O8.C4H2N2S2.H2O/c1-22(33)39-21-20-38-18-3-4-30(35)40-19-17-24-5-11-28(12-6-24)42-31(36)25-7-9-26(10-8-25)32(37)43-29-15-13-27(14-16-29)41-23(2)34;1-17-3-7-20(8-4-17)24(28)32-21-9-5-19(6-10-21)13-14-30-22(26)11-12-23(27)31-16-15-29-18(2)25;1-6-3(2-5)4(7)8;/h24-29H,3-21H2,1-2H3;17,19-21H,3-16H2,1-2H3;7-8H;1H2. The highest BCUT2D eigenvalue weighted by Crippen LogP contribution is 2.36. The monoisotopic (exact) mass is 1220 g/mol. The molecule has 0 amide bonds. The van der Waals surface area contributed by atoms with Gasteiger partial charge in [0, 0.05) is 33.8 Å². The molecule has 0 heterocycles. The number of hydrogen-bond donors (Lipinski definition) is 2. The molecule has 22 nitrogen and oxygen atoms in total. The van der Waals surface area contributed by atoms with Crippen molar-refractivity contribution >= 4 is 79.0 Å². The number of carbonyl (C=O) groups excluding carboxylic acids is 9. The maximum absolute atomic E-state index is 12.8. The topological polar surface area (TPSA) is 306 Å². The lowest BCUT2D eigenvalue weighted by Gasteiger charge is -2.32. The first-order valence-corrected chi connectivity index (χ1v) is 30.6. The van der Waals surface area contributed by atoms with Gasteiger partial charge in [-0.25, -0.2) is 10.1 Å². The Balaban J connectivity index is 0.000000517. The Morgan fingerprint density at radius 3 is 1.15 bits per heavy atom. The number of esters is 9. The van der Waals surface area contributed by atoms with E-state index < -0.39 is 17.9 Å². The van der Waals surface area contributed by atoms with Gasteiger partial charge in [0.25, 0.3) is 5.70 Å². The third-order valence-electron chi connectivity index (χ3n) is 15.5. The summed E-state index contributed by atoms with van der Waals surface area (Å²) in [5.41, 5.74) is -0.0725. The number of allylic oxidation sites excluding steroid dienone is 1. The molecule has 0 atom stereocenters. The van der Waals surface area contributed by atoms with Gasteiger partial charge in [-0.1, -0.05) is 6.92 Å². The molecule has 5 fully saturated rings. The van der Waals surface area contributed by atoms with Crippen LogP contribution in [0.4, 0.5) is 0 Å². The van der Waals surface area contributed by atoms with Crippen molar-refractivity contribution < 1.29 is 96.0 Å². The number of thiol groups is 2. The van der Waals surface area contributed by atoms with Crippen LogP contribution < -0.4 is 0 Å². The van der Waals surface area contributed by atoms with Crippen LogP contribution in [0.2, 0.25) is 0 Å². The largest absolute Gasteiger partial charge is 0.466 e. The minimum atomic E-state index is -0.523. The zero-order valence-corrected chi connectivity index (χ0v) is 51.4. The van der Waals surface area contributed by atoms with Crippen LogP contribution >= 0.6 is 25.3 Å². The highest BCUT2D eigenvalue weighted by molar-refractivity contribution is 8.05. The smallest absolute Gasteiger partial charge is 0.309 e. The van der Waals surface area contributed by atoms with Crippen molar-refractivity contribution in [1.82, 2.24) is 0 Å². The first-order valence-electron chi connectivity index (χ1n) is 29.7. The summed E-state index contributed by atoms with van der Waals surface area (Å²) in [4.78, 5) is 108. The summed E-state index contributed by atoms with van der Waals surface area (Å²) in [6.45, 7) is 14.3. The molecule has 5 saturated carbocycles. The summed E-state index contributed by atoms with van der Waals surface area (Å²) in [7, 11) is 0. The third kappa shape index (κ3) is 33.3. The predicted molar refractivity (Wildman–Crippen MR) is 310 cm³/mol. The molecule has 0 unspecified atom stereocenters. The zero-order chi connectivity index (χ0) is 60.9. The molecule has 0 aliphatic heterocycles. The normalized spacial score (nSPS) is 24.3. The lowest BCUT2D eigenvalue weighted by molar-refractivity contribution is -0.164. The second kappa shape index (κ2) is 43.2. The van der Waals surface area contributed by atoms with Crippen LogP contribution in [0.3, 0.4) is 0 Å². The van der Waals surface area contributed by atoms with E-state index in [0.717, 1.165) is 95.8 Å². The summed E-state index contributed by atoms with van der Waals surface area (Å²) >= 11 is 7.32. The highest BCUT2D eigenvalue weighted by Gasteiger charge is 2.36. The number of nitriles is 1. The Kier molecular flexibility index (Phi) is 38.4. The molecule has 5 aliphatic rings. The number of carbonyl (C=O) groups is 9. The molecule has 0 bridgehead atoms. The Morgan fingerprint density at radius 2 is 0.798 bits per heavy atom. The van der Waals surface area contributed by atoms with Crippen LogP contribution in [0.1, 0.15) is 195 Å². The van der Waals surface area contributed by atoms with Crippen molar-refractivity contribution in [3.8, 4) is 6.07 Å². The highest BCUT2D eigenvalue weighted by atomic mass is 32.2. The number of hydrogen-bond acceptors (Lipinski definition) is 22. The fraction of sp³-hybridized carbons (Fsp3) is 0.783. The van der Waals surface area contributed by atoms with Gasteiger partial charge in [-0.15, -0.1) is 25.3 Å². The molecule has 0 saturated heterocycles. The van der Waals surface area contributed by atoms with Crippen LogP contribution in [-0.2, 0) is 90.5 Å². The van der Waals surface area contributed by atoms with Crippen LogP contribution in [0, 0.1) is 53.4 Å². The van der Waals surface area contributed by atoms with E-state index in [9.17, 15) is 43.2 Å². The molecule has 2 N–H and O–H groups in total. The second-order valence-corrected chi connectivity index (χ2v) is 23.4. The molecule has 474 valence electrons. The molecule has 0 aromatic rings. The van der Waals surface area contributed by atoms with Gasteiger partial charge >= 0.3 is 53.7 Å². The lowest BCUT2D eigenvalue weighted by atomic mass is 9.81. The van der Waals surface area contributed by atoms with E-state index in [4.69, 9.17) is 54.5 Å². The molecule has 5 rings (SSSR count). The van der Waals surface area contributed by atoms with Crippen LogP contribution in [0.25, 0.3) is 4.85 Å². The number of rotatable bonds is 26. The van der Waals surface area contributed by atoms with E-state index in [-0.39, 0.29) is 126 Å². The van der Waals surface area contributed by atoms with Gasteiger partial charge in [0.1, 0.15) is 44.2 Å². The SMILES string of the molecule is CC(=O)OCCOC(=O)CCC(=O)OCCC1CCC(OC(=O)C2CCC(C)CC2)CC1.CC(=O)OCCOCCCC(=O)OCCC1CCC(OC(=O)C2CCC(C(=O)OC3CCC(OC(C)=O)CC3)CC2)CC1.O.[C-]#[N+]C(C#N)=C(S)S. The van der Waals surface area contributed by atoms with Crippen molar-refractivity contribution in [3.05, 3.63) is 21.4 Å². The van der Waals surface area contributed by atoms with Crippen LogP contribution in [0.15, 0.2) is 9.93 Å². The first kappa shape index (κ1) is 74.7. The maximum atomic E-state index is 12.8. The van der Waals surface area contributed by atoms with E-state index >= 15 is 0 Å². The predicted octanol–water partition coefficient (Wildman–Crippen LogP) is 8.97. The fourth-order valence-electron chi connectivity index (χ4n) is 10.7. The van der Waals surface area contributed by atoms with Crippen LogP contribution in [0.5, 0.6) is 0 Å². The van der Waals surface area contributed by atoms with Crippen molar-refractivity contribution in [2.45, 2.75) is 219 Å². The lowest BCUT2D eigenvalue weighted by Crippen LogP contribution is -2.34. The van der Waals surface area contributed by atoms with E-state index in [0.29, 0.717) is 102 Å². The average Bonchev–Trinajstić information content (AvgIpc) is 3.67. The van der Waals surface area contributed by atoms with Crippen molar-refractivity contribution in [3.63, 3.8) is 0 Å². The number of nitrogens with zero attached hydrogens (tertiary/aromatic N) is 2. The van der Waals surface area contributed by atoms with Gasteiger partial charge in [0.2, 0.25) is 0 Å². The minimum Gasteiger partial charge on any atom is -0.466 e. The molecular weight excluding hydrogens is 1130 g/mol. The summed E-state index contributed by atoms with van der Waals surface area (Å²) in [6.07, 6.45) is 18.8. The van der Waals surface area contributed by atoms with Gasteiger partial charge in [0.15, 0.2) is 0 Å². The summed E-state index contributed by atoms with van der Waals surface area (Å²) in [5, 5.41) is 8.08. The van der Waals surface area contributed by atoms with Crippen LogP contribution in [-0.4, -0.2) is 130 Å².